The molecule has 7 rings (SSSR count). The molecule has 2 aliphatic rings. The van der Waals surface area contributed by atoms with Crippen molar-refractivity contribution in [2.24, 2.45) is 0 Å². The summed E-state index contributed by atoms with van der Waals surface area (Å²) in [5, 5.41) is 10.8. The Morgan fingerprint density at radius 3 is 2.37 bits per heavy atom. The molecule has 2 N–H and O–H groups in total. The zero-order valence-electron chi connectivity index (χ0n) is 26.8. The predicted molar refractivity (Wildman–Crippen MR) is 185 cm³/mol. The van der Waals surface area contributed by atoms with Crippen LogP contribution in [0.5, 0.6) is 0 Å². The van der Waals surface area contributed by atoms with Crippen molar-refractivity contribution in [2.75, 3.05) is 44.3 Å². The smallest absolute Gasteiger partial charge is 0.247 e. The number of sulfone groups is 1. The summed E-state index contributed by atoms with van der Waals surface area (Å²) in [4.78, 5) is 39.2. The number of aromatic nitrogens is 4. The summed E-state index contributed by atoms with van der Waals surface area (Å²) in [6, 6.07) is 20.9. The molecule has 4 heterocycles. The van der Waals surface area contributed by atoms with Gasteiger partial charge in [-0.05, 0) is 72.5 Å². The maximum atomic E-state index is 13.8. The standard InChI is InChI=1S/C36H34FN7O4S/c1-49(47,48)36(35(46)40-29-11-12-31-30(21-29)33(42-41-31)26-7-9-28(37)10-8-26)15-20-43(23-36)22-32(45)44-18-13-25(14-19-44)24-3-5-27(6-4-24)34-38-16-2-17-39-34/h2-13,16-17,21H,14-15,18-20,22-23H2,1H3,(H,40,46)(H,41,42)/t36-/m0/s1. The van der Waals surface area contributed by atoms with Crippen molar-refractivity contribution in [1.29, 1.82) is 0 Å². The molecule has 5 aromatic rings. The number of H-pyrrole nitrogens is 1. The molecule has 2 aromatic heterocycles. The molecule has 1 atom stereocenters. The van der Waals surface area contributed by atoms with E-state index in [1.54, 1.807) is 58.6 Å². The molecule has 49 heavy (non-hydrogen) atoms. The Kier molecular flexibility index (Phi) is 8.55. The summed E-state index contributed by atoms with van der Waals surface area (Å²) in [6.07, 6.45) is 7.29. The number of amides is 2. The van der Waals surface area contributed by atoms with Gasteiger partial charge in [-0.15, -0.1) is 0 Å². The first-order valence-electron chi connectivity index (χ1n) is 15.9. The molecular weight excluding hydrogens is 646 g/mol. The lowest BCUT2D eigenvalue weighted by atomic mass is 9.98. The number of anilines is 1. The minimum atomic E-state index is -3.87. The lowest BCUT2D eigenvalue weighted by Gasteiger charge is -2.29. The number of benzene rings is 3. The van der Waals surface area contributed by atoms with Gasteiger partial charge in [0.15, 0.2) is 20.4 Å². The second-order valence-electron chi connectivity index (χ2n) is 12.5. The fourth-order valence-corrected chi connectivity index (χ4v) is 7.81. The van der Waals surface area contributed by atoms with E-state index in [2.05, 4.69) is 25.5 Å². The second-order valence-corrected chi connectivity index (χ2v) is 14.8. The van der Waals surface area contributed by atoms with Crippen LogP contribution in [0.1, 0.15) is 18.4 Å². The van der Waals surface area contributed by atoms with Crippen LogP contribution in [0.4, 0.5) is 10.1 Å². The fraction of sp³-hybridized carbons (Fsp3) is 0.250. The molecule has 0 aliphatic carbocycles. The van der Waals surface area contributed by atoms with Crippen molar-refractivity contribution in [1.82, 2.24) is 30.0 Å². The van der Waals surface area contributed by atoms with Gasteiger partial charge in [0.1, 0.15) is 5.82 Å². The van der Waals surface area contributed by atoms with Crippen LogP contribution in [-0.2, 0) is 19.4 Å². The van der Waals surface area contributed by atoms with Gasteiger partial charge < -0.3 is 10.2 Å². The number of rotatable bonds is 8. The van der Waals surface area contributed by atoms with Crippen molar-refractivity contribution in [3.05, 3.63) is 103 Å². The largest absolute Gasteiger partial charge is 0.338 e. The van der Waals surface area contributed by atoms with Gasteiger partial charge in [0, 0.05) is 67.0 Å². The third-order valence-electron chi connectivity index (χ3n) is 9.37. The summed E-state index contributed by atoms with van der Waals surface area (Å²) in [6.45, 7) is 1.19. The van der Waals surface area contributed by atoms with Crippen LogP contribution in [0.15, 0.2) is 91.3 Å². The average Bonchev–Trinajstić information content (AvgIpc) is 3.74. The minimum Gasteiger partial charge on any atom is -0.338 e. The van der Waals surface area contributed by atoms with Gasteiger partial charge >= 0.3 is 0 Å². The number of carbonyl (C=O) groups is 2. The number of aromatic amines is 1. The molecule has 250 valence electrons. The highest BCUT2D eigenvalue weighted by Gasteiger charge is 2.53. The van der Waals surface area contributed by atoms with Crippen molar-refractivity contribution in [2.45, 2.75) is 17.6 Å². The third kappa shape index (κ3) is 6.46. The van der Waals surface area contributed by atoms with Crippen LogP contribution >= 0.6 is 0 Å². The topological polar surface area (TPSA) is 141 Å². The van der Waals surface area contributed by atoms with E-state index in [1.165, 1.54) is 12.1 Å². The maximum Gasteiger partial charge on any atom is 0.247 e. The Balaban J connectivity index is 1.00. The lowest BCUT2D eigenvalue weighted by Crippen LogP contribution is -2.52. The predicted octanol–water partition coefficient (Wildman–Crippen LogP) is 4.57. The minimum absolute atomic E-state index is 0.0154. The number of halogens is 1. The van der Waals surface area contributed by atoms with E-state index in [0.717, 1.165) is 23.0 Å². The van der Waals surface area contributed by atoms with E-state index in [0.29, 0.717) is 53.2 Å². The van der Waals surface area contributed by atoms with Gasteiger partial charge in [-0.1, -0.05) is 30.3 Å². The maximum absolute atomic E-state index is 13.8. The van der Waals surface area contributed by atoms with E-state index in [9.17, 15) is 22.4 Å². The molecular formula is C36H34FN7O4S. The summed E-state index contributed by atoms with van der Waals surface area (Å²) >= 11 is 0. The Bertz CT molecular complexity index is 2170. The van der Waals surface area contributed by atoms with E-state index in [1.807, 2.05) is 30.3 Å². The number of carbonyl (C=O) groups excluding carboxylic acids is 2. The van der Waals surface area contributed by atoms with Gasteiger partial charge in [0.05, 0.1) is 17.8 Å². The zero-order chi connectivity index (χ0) is 34.2. The number of hydrogen-bond acceptors (Lipinski definition) is 8. The molecule has 0 unspecified atom stereocenters. The van der Waals surface area contributed by atoms with E-state index >= 15 is 0 Å². The van der Waals surface area contributed by atoms with Crippen molar-refractivity contribution in [3.63, 3.8) is 0 Å². The number of likely N-dealkylation sites (tertiary alicyclic amines) is 1. The molecule has 13 heteroatoms. The summed E-state index contributed by atoms with van der Waals surface area (Å²) < 4.78 is 38.1. The van der Waals surface area contributed by atoms with Gasteiger partial charge in [0.2, 0.25) is 11.8 Å². The van der Waals surface area contributed by atoms with E-state index < -0.39 is 20.5 Å². The van der Waals surface area contributed by atoms with Crippen LogP contribution in [0, 0.1) is 5.82 Å². The van der Waals surface area contributed by atoms with E-state index in [-0.39, 0.29) is 37.8 Å². The summed E-state index contributed by atoms with van der Waals surface area (Å²) in [5.41, 5.74) is 5.52. The zero-order valence-corrected chi connectivity index (χ0v) is 27.6. The number of nitrogens with zero attached hydrogens (tertiary/aromatic N) is 5. The Hall–Kier alpha value is -5.27. The first-order chi connectivity index (χ1) is 23.6. The molecule has 0 radical (unpaired) electrons. The van der Waals surface area contributed by atoms with Crippen molar-refractivity contribution in [3.8, 4) is 22.6 Å². The monoisotopic (exact) mass is 679 g/mol. The van der Waals surface area contributed by atoms with Gasteiger partial charge in [-0.25, -0.2) is 22.8 Å². The van der Waals surface area contributed by atoms with Crippen LogP contribution in [-0.4, -0.2) is 93.9 Å². The van der Waals surface area contributed by atoms with Crippen LogP contribution in [0.2, 0.25) is 0 Å². The molecule has 2 aliphatic heterocycles. The fourth-order valence-electron chi connectivity index (χ4n) is 6.54. The highest BCUT2D eigenvalue weighted by Crippen LogP contribution is 2.33. The van der Waals surface area contributed by atoms with Crippen molar-refractivity contribution >= 4 is 43.8 Å². The third-order valence-corrected chi connectivity index (χ3v) is 11.3. The Labute approximate surface area is 282 Å². The number of nitrogens with one attached hydrogen (secondary N) is 2. The SMILES string of the molecule is CS(=O)(=O)[C@@]1(C(=O)Nc2ccc3[nH]nc(-c4ccc(F)cc4)c3c2)CCN(CC(=O)N2CC=C(c3ccc(-c4ncccn4)cc3)CC2)C1. The van der Waals surface area contributed by atoms with Gasteiger partial charge in [-0.2, -0.15) is 5.10 Å². The highest BCUT2D eigenvalue weighted by molar-refractivity contribution is 7.93. The first-order valence-corrected chi connectivity index (χ1v) is 17.8. The quantitative estimate of drug-likeness (QED) is 0.243. The molecule has 2 amide bonds. The summed E-state index contributed by atoms with van der Waals surface area (Å²) in [7, 11) is -3.87. The van der Waals surface area contributed by atoms with Crippen LogP contribution in [0.3, 0.4) is 0 Å². The van der Waals surface area contributed by atoms with Crippen molar-refractivity contribution < 1.29 is 22.4 Å². The van der Waals surface area contributed by atoms with Gasteiger partial charge in [0.25, 0.3) is 0 Å². The van der Waals surface area contributed by atoms with Gasteiger partial charge in [-0.3, -0.25) is 19.6 Å². The van der Waals surface area contributed by atoms with Crippen LogP contribution in [0.25, 0.3) is 39.1 Å². The molecule has 0 bridgehead atoms. The molecule has 3 aromatic carbocycles. The molecule has 0 saturated carbocycles. The molecule has 1 fully saturated rings. The average molecular weight is 680 g/mol. The lowest BCUT2D eigenvalue weighted by molar-refractivity contribution is -0.132. The van der Waals surface area contributed by atoms with Crippen LogP contribution < -0.4 is 5.32 Å². The Morgan fingerprint density at radius 2 is 1.67 bits per heavy atom. The number of hydrogen-bond donors (Lipinski definition) is 2. The number of fused-ring (bicyclic) bond motifs is 1. The molecule has 1 saturated heterocycles. The highest BCUT2D eigenvalue weighted by atomic mass is 32.2. The molecule has 11 nitrogen and oxygen atoms in total. The second kappa shape index (κ2) is 13.0. The molecule has 0 spiro atoms. The Morgan fingerprint density at radius 1 is 0.959 bits per heavy atom. The summed E-state index contributed by atoms with van der Waals surface area (Å²) in [5.74, 6) is -0.466. The first kappa shape index (κ1) is 32.3. The van der Waals surface area contributed by atoms with E-state index in [4.69, 9.17) is 0 Å². The normalized spacial score (nSPS) is 18.4.